The maximum atomic E-state index is 11.7. The Kier molecular flexibility index (Phi) is 4.92. The Balaban J connectivity index is 2.17. The molecule has 0 radical (unpaired) electrons. The quantitative estimate of drug-likeness (QED) is 0.496. The first-order valence-electron chi connectivity index (χ1n) is 6.84. The fourth-order valence-corrected chi connectivity index (χ4v) is 1.98. The number of phenolic OH excluding ortho intramolecular Hbond substituents is 1. The van der Waals surface area contributed by atoms with Crippen LogP contribution in [0.15, 0.2) is 47.5 Å². The van der Waals surface area contributed by atoms with Crippen LogP contribution in [0.1, 0.15) is 24.2 Å². The minimum absolute atomic E-state index is 0.0870. The number of benzene rings is 2. The fraction of sp³-hybridized carbons (Fsp3) is 0.188. The zero-order valence-electron chi connectivity index (χ0n) is 12.3. The highest BCUT2D eigenvalue weighted by atomic mass is 16.6. The Morgan fingerprint density at radius 2 is 1.87 bits per heavy atom. The summed E-state index contributed by atoms with van der Waals surface area (Å²) in [5.74, 6) is -0.296. The molecule has 0 saturated heterocycles. The largest absolute Gasteiger partial charge is 0.872 e. The lowest BCUT2D eigenvalue weighted by Gasteiger charge is -2.16. The molecule has 23 heavy (non-hydrogen) atoms. The summed E-state index contributed by atoms with van der Waals surface area (Å²) in [5.41, 5.74) is 0.454. The molecule has 2 rings (SSSR count). The summed E-state index contributed by atoms with van der Waals surface area (Å²) in [5, 5.41) is 41.8. The minimum Gasteiger partial charge on any atom is -0.872 e. The van der Waals surface area contributed by atoms with Crippen molar-refractivity contribution in [2.24, 2.45) is 4.99 Å². The minimum atomic E-state index is -0.930. The van der Waals surface area contributed by atoms with Crippen molar-refractivity contribution in [3.8, 4) is 11.5 Å². The molecule has 2 N–H and O–H groups in total. The Morgan fingerprint density at radius 3 is 2.48 bits per heavy atom. The van der Waals surface area contributed by atoms with Gasteiger partial charge in [-0.1, -0.05) is 23.9 Å². The number of aliphatic hydroxyl groups is 1. The summed E-state index contributed by atoms with van der Waals surface area (Å²) >= 11 is 0. The number of aromatic hydroxyl groups is 1. The monoisotopic (exact) mass is 315 g/mol. The first kappa shape index (κ1) is 16.4. The van der Waals surface area contributed by atoms with E-state index in [4.69, 9.17) is 0 Å². The third kappa shape index (κ3) is 4.04. The van der Waals surface area contributed by atoms with Gasteiger partial charge >= 0.3 is 0 Å². The van der Waals surface area contributed by atoms with Gasteiger partial charge in [-0.05, 0) is 30.2 Å². The van der Waals surface area contributed by atoms with Crippen LogP contribution < -0.4 is 5.11 Å². The molecule has 0 aromatic heterocycles. The molecule has 0 unspecified atom stereocenters. The highest BCUT2D eigenvalue weighted by molar-refractivity contribution is 5.84. The lowest BCUT2D eigenvalue weighted by Crippen LogP contribution is -2.13. The molecule has 7 heteroatoms. The van der Waals surface area contributed by atoms with Crippen molar-refractivity contribution in [1.29, 1.82) is 0 Å². The highest BCUT2D eigenvalue weighted by Gasteiger charge is 2.15. The molecule has 0 saturated carbocycles. The van der Waals surface area contributed by atoms with Crippen molar-refractivity contribution < 1.29 is 20.2 Å². The third-order valence-electron chi connectivity index (χ3n) is 3.34. The van der Waals surface area contributed by atoms with E-state index in [0.717, 1.165) is 18.2 Å². The smallest absolute Gasteiger partial charge is 0.270 e. The van der Waals surface area contributed by atoms with Crippen LogP contribution in [0.25, 0.3) is 0 Å². The molecule has 2 aromatic carbocycles. The van der Waals surface area contributed by atoms with E-state index in [1.54, 1.807) is 19.1 Å². The SMILES string of the molecule is C[C@@H](N=Cc1cc([N+](=O)[O-])ccc1[O-])[C@@H](O)c1ccc(O)cc1. The molecule has 0 heterocycles. The number of phenols is 1. The maximum Gasteiger partial charge on any atom is 0.270 e. The van der Waals surface area contributed by atoms with Gasteiger partial charge in [-0.2, -0.15) is 0 Å². The van der Waals surface area contributed by atoms with Crippen LogP contribution in [0.3, 0.4) is 0 Å². The van der Waals surface area contributed by atoms with E-state index < -0.39 is 17.1 Å². The lowest BCUT2D eigenvalue weighted by molar-refractivity contribution is -0.385. The Labute approximate surface area is 132 Å². The van der Waals surface area contributed by atoms with Crippen molar-refractivity contribution in [3.05, 3.63) is 63.7 Å². The third-order valence-corrected chi connectivity index (χ3v) is 3.34. The predicted molar refractivity (Wildman–Crippen MR) is 82.7 cm³/mol. The molecule has 0 amide bonds. The second-order valence-electron chi connectivity index (χ2n) is 5.03. The molecule has 0 aliphatic carbocycles. The van der Waals surface area contributed by atoms with Gasteiger partial charge in [0, 0.05) is 18.3 Å². The number of hydrogen-bond acceptors (Lipinski definition) is 6. The van der Waals surface area contributed by atoms with Crippen molar-refractivity contribution in [2.75, 3.05) is 0 Å². The van der Waals surface area contributed by atoms with Gasteiger partial charge in [0.15, 0.2) is 0 Å². The lowest BCUT2D eigenvalue weighted by atomic mass is 10.0. The van der Waals surface area contributed by atoms with Gasteiger partial charge in [0.1, 0.15) is 11.9 Å². The fourth-order valence-electron chi connectivity index (χ4n) is 1.98. The topological polar surface area (TPSA) is 119 Å². The first-order chi connectivity index (χ1) is 10.9. The van der Waals surface area contributed by atoms with Gasteiger partial charge in [0.25, 0.3) is 5.69 Å². The van der Waals surface area contributed by atoms with Crippen molar-refractivity contribution in [2.45, 2.75) is 19.1 Å². The number of hydrogen-bond donors (Lipinski definition) is 2. The molecule has 0 bridgehead atoms. The number of aliphatic hydroxyl groups excluding tert-OH is 1. The number of non-ortho nitro benzene ring substituents is 1. The summed E-state index contributed by atoms with van der Waals surface area (Å²) in [6.45, 7) is 1.65. The highest BCUT2D eigenvalue weighted by Crippen LogP contribution is 2.23. The zero-order valence-corrected chi connectivity index (χ0v) is 12.3. The molecule has 0 spiro atoms. The maximum absolute atomic E-state index is 11.7. The molecule has 0 fully saturated rings. The van der Waals surface area contributed by atoms with Crippen LogP contribution in [0.5, 0.6) is 11.5 Å². The average Bonchev–Trinajstić information content (AvgIpc) is 2.53. The van der Waals surface area contributed by atoms with Crippen LogP contribution in [-0.2, 0) is 0 Å². The molecule has 0 aliphatic rings. The van der Waals surface area contributed by atoms with E-state index in [0.29, 0.717) is 5.56 Å². The van der Waals surface area contributed by atoms with Crippen LogP contribution in [-0.4, -0.2) is 27.4 Å². The Morgan fingerprint density at radius 1 is 1.22 bits per heavy atom. The van der Waals surface area contributed by atoms with E-state index in [2.05, 4.69) is 4.99 Å². The standard InChI is InChI=1S/C16H16N2O5/c1-10(16(21)11-2-5-14(19)6-3-11)17-9-12-8-13(18(22)23)4-7-15(12)20/h2-10,16,19-21H,1H3/p-1/t10-,16-/m1/s1. The Hall–Kier alpha value is -2.93. The molecular formula is C16H15N2O5-. The summed E-state index contributed by atoms with van der Waals surface area (Å²) in [4.78, 5) is 14.2. The van der Waals surface area contributed by atoms with Crippen molar-refractivity contribution >= 4 is 11.9 Å². The van der Waals surface area contributed by atoms with Crippen molar-refractivity contribution in [1.82, 2.24) is 0 Å². The average molecular weight is 315 g/mol. The van der Waals surface area contributed by atoms with E-state index >= 15 is 0 Å². The van der Waals surface area contributed by atoms with E-state index in [1.807, 2.05) is 0 Å². The molecule has 2 aromatic rings. The summed E-state index contributed by atoms with van der Waals surface area (Å²) in [6.07, 6.45) is 0.296. The normalized spacial score (nSPS) is 13.8. The Bertz CT molecular complexity index is 728. The van der Waals surface area contributed by atoms with Crippen LogP contribution in [0, 0.1) is 10.1 Å². The molecule has 7 nitrogen and oxygen atoms in total. The summed E-state index contributed by atoms with van der Waals surface area (Å²) < 4.78 is 0. The zero-order chi connectivity index (χ0) is 17.0. The van der Waals surface area contributed by atoms with Gasteiger partial charge in [0.05, 0.1) is 11.0 Å². The number of nitro groups is 1. The predicted octanol–water partition coefficient (Wildman–Crippen LogP) is 1.91. The second-order valence-corrected chi connectivity index (χ2v) is 5.03. The molecule has 120 valence electrons. The van der Waals surface area contributed by atoms with Gasteiger partial charge < -0.3 is 15.3 Å². The number of nitro benzene ring substituents is 1. The molecule has 0 aliphatic heterocycles. The van der Waals surface area contributed by atoms with E-state index in [-0.39, 0.29) is 22.7 Å². The number of nitrogens with zero attached hydrogens (tertiary/aromatic N) is 2. The summed E-state index contributed by atoms with van der Waals surface area (Å²) in [6, 6.07) is 8.85. The van der Waals surface area contributed by atoms with Gasteiger partial charge in [-0.15, -0.1) is 0 Å². The number of aliphatic imine (C=N–C) groups is 1. The second kappa shape index (κ2) is 6.89. The summed E-state index contributed by atoms with van der Waals surface area (Å²) in [7, 11) is 0. The van der Waals surface area contributed by atoms with Gasteiger partial charge in [-0.25, -0.2) is 0 Å². The van der Waals surface area contributed by atoms with Gasteiger partial charge in [-0.3, -0.25) is 15.1 Å². The van der Waals surface area contributed by atoms with E-state index in [9.17, 15) is 25.4 Å². The van der Waals surface area contributed by atoms with Gasteiger partial charge in [0.2, 0.25) is 0 Å². The van der Waals surface area contributed by atoms with Crippen LogP contribution in [0.2, 0.25) is 0 Å². The van der Waals surface area contributed by atoms with Crippen LogP contribution in [0.4, 0.5) is 5.69 Å². The van der Waals surface area contributed by atoms with E-state index in [1.165, 1.54) is 18.3 Å². The molecule has 2 atom stereocenters. The number of rotatable bonds is 5. The molecular weight excluding hydrogens is 300 g/mol. The van der Waals surface area contributed by atoms with Crippen molar-refractivity contribution in [3.63, 3.8) is 0 Å². The van der Waals surface area contributed by atoms with Crippen LogP contribution >= 0.6 is 0 Å². The first-order valence-corrected chi connectivity index (χ1v) is 6.84.